The molecule has 268 valence electrons. The van der Waals surface area contributed by atoms with Crippen molar-refractivity contribution in [2.45, 2.75) is 70.2 Å². The van der Waals surface area contributed by atoms with Gasteiger partial charge in [0.25, 0.3) is 12.3 Å². The molecule has 2 saturated carbocycles. The van der Waals surface area contributed by atoms with E-state index in [-0.39, 0.29) is 46.8 Å². The number of anilines is 2. The second kappa shape index (κ2) is 14.3. The van der Waals surface area contributed by atoms with Gasteiger partial charge in [-0.2, -0.15) is 5.10 Å². The number of aliphatic hydroxyl groups is 1. The molecule has 2 amide bonds. The number of likely N-dealkylation sites (tertiary alicyclic amines) is 1. The number of pyridine rings is 1. The van der Waals surface area contributed by atoms with Gasteiger partial charge in [-0.1, -0.05) is 32.0 Å². The molecule has 13 nitrogen and oxygen atoms in total. The van der Waals surface area contributed by atoms with Crippen molar-refractivity contribution in [2.24, 2.45) is 17.4 Å². The van der Waals surface area contributed by atoms with Crippen LogP contribution in [0, 0.1) is 5.92 Å². The van der Waals surface area contributed by atoms with Crippen molar-refractivity contribution in [3.05, 3.63) is 83.0 Å². The fourth-order valence-electron chi connectivity index (χ4n) is 6.21. The van der Waals surface area contributed by atoms with Gasteiger partial charge in [0.05, 0.1) is 47.2 Å². The van der Waals surface area contributed by atoms with Crippen LogP contribution in [0.25, 0.3) is 11.1 Å². The third kappa shape index (κ3) is 7.42. The summed E-state index contributed by atoms with van der Waals surface area (Å²) in [5.41, 5.74) is 14.5. The molecule has 8 N–H and O–H groups in total. The van der Waals surface area contributed by atoms with E-state index >= 15 is 0 Å². The Kier molecular flexibility index (Phi) is 10.1. The standard InChI is InChI=1S/C33H37BF2N10O3.C2H6/c1-44-16-25-21(13-39-46(25)19-14-45(15-19)33(34,49)26-7-3-6-23(42-26)30(35)36)20-4-2-5-22(29(20)44)41-24(28(38)32(48)40-18-10-11-18)12-27(37)43-31(47)17-8-9-17;1-2/h2-7,12-13,17-19,30,41,49H,8-11,14-16,37-38H2,1H3,(H,40,48)(H,43,47);1-2H3/b27-12+,28-24+;. The van der Waals surface area contributed by atoms with E-state index in [4.69, 9.17) is 24.4 Å². The molecule has 4 heterocycles. The number of para-hydroxylation sites is 1. The number of rotatable bonds is 11. The number of nitrogens with zero attached hydrogens (tertiary/aromatic N) is 5. The van der Waals surface area contributed by atoms with Gasteiger partial charge in [0.1, 0.15) is 30.7 Å². The SMILES string of the molecule is CC.[B]C(O)(c1cccc(C(F)F)n1)N1CC(n2ncc3c2CN(C)c2c(NC(/C=C(\N)NC(=O)C4CC4)=C(/N)C(=O)NC4CC4)cccc2-3)C1. The summed E-state index contributed by atoms with van der Waals surface area (Å²) in [6, 6.07) is 9.68. The van der Waals surface area contributed by atoms with Gasteiger partial charge in [0, 0.05) is 49.3 Å². The van der Waals surface area contributed by atoms with Gasteiger partial charge in [0.2, 0.25) is 5.91 Å². The van der Waals surface area contributed by atoms with Gasteiger partial charge in [-0.15, -0.1) is 0 Å². The van der Waals surface area contributed by atoms with Crippen LogP contribution in [0.4, 0.5) is 20.2 Å². The molecular weight excluding hydrogens is 657 g/mol. The third-order valence-electron chi connectivity index (χ3n) is 9.29. The van der Waals surface area contributed by atoms with Crippen LogP contribution >= 0.6 is 0 Å². The molecule has 2 aromatic heterocycles. The molecule has 2 radical (unpaired) electrons. The number of nitrogens with one attached hydrogen (secondary N) is 3. The molecule has 16 heteroatoms. The van der Waals surface area contributed by atoms with E-state index in [9.17, 15) is 23.5 Å². The maximum Gasteiger partial charge on any atom is 0.280 e. The maximum absolute atomic E-state index is 13.2. The number of aromatic nitrogens is 3. The van der Waals surface area contributed by atoms with Crippen LogP contribution in [0.2, 0.25) is 0 Å². The first-order chi connectivity index (χ1) is 24.4. The minimum absolute atomic E-state index is 0.0547. The van der Waals surface area contributed by atoms with Gasteiger partial charge in [-0.3, -0.25) is 19.2 Å². The van der Waals surface area contributed by atoms with Crippen LogP contribution in [0.3, 0.4) is 0 Å². The number of nitrogens with two attached hydrogens (primary N) is 2. The molecule has 4 aliphatic rings. The lowest BCUT2D eigenvalue weighted by atomic mass is 9.82. The zero-order valence-corrected chi connectivity index (χ0v) is 28.9. The molecule has 51 heavy (non-hydrogen) atoms. The van der Waals surface area contributed by atoms with E-state index in [2.05, 4.69) is 20.9 Å². The number of halogens is 2. The molecule has 2 aliphatic carbocycles. The maximum atomic E-state index is 13.2. The second-order valence-corrected chi connectivity index (χ2v) is 13.1. The fraction of sp³-hybridized carbons (Fsp3) is 0.429. The second-order valence-electron chi connectivity index (χ2n) is 13.1. The van der Waals surface area contributed by atoms with Crippen molar-refractivity contribution in [2.75, 3.05) is 30.4 Å². The summed E-state index contributed by atoms with van der Waals surface area (Å²) in [4.78, 5) is 32.9. The van der Waals surface area contributed by atoms with Gasteiger partial charge < -0.3 is 37.4 Å². The van der Waals surface area contributed by atoms with Gasteiger partial charge in [-0.25, -0.2) is 13.8 Å². The molecule has 3 fully saturated rings. The van der Waals surface area contributed by atoms with Crippen LogP contribution < -0.4 is 32.3 Å². The Morgan fingerprint density at radius 1 is 1.08 bits per heavy atom. The summed E-state index contributed by atoms with van der Waals surface area (Å²) >= 11 is 0. The number of hydrogen-bond donors (Lipinski definition) is 6. The van der Waals surface area contributed by atoms with Crippen molar-refractivity contribution < 1.29 is 23.5 Å². The van der Waals surface area contributed by atoms with Crippen LogP contribution in [0.5, 0.6) is 0 Å². The van der Waals surface area contributed by atoms with Gasteiger partial charge in [-0.05, 0) is 43.9 Å². The monoisotopic (exact) mass is 700 g/mol. The number of carbonyl (C=O) groups is 2. The topological polar surface area (TPSA) is 180 Å². The minimum atomic E-state index is -2.79. The molecule has 3 aromatic rings. The first-order valence-corrected chi connectivity index (χ1v) is 17.2. The van der Waals surface area contributed by atoms with Crippen molar-refractivity contribution in [1.29, 1.82) is 0 Å². The molecule has 2 aliphatic heterocycles. The van der Waals surface area contributed by atoms with Crippen LogP contribution in [0.1, 0.15) is 69.1 Å². The quantitative estimate of drug-likeness (QED) is 0.0990. The summed E-state index contributed by atoms with van der Waals surface area (Å²) < 4.78 is 28.4. The lowest BCUT2D eigenvalue weighted by Crippen LogP contribution is -2.59. The summed E-state index contributed by atoms with van der Waals surface area (Å²) in [5, 5.41) is 24.7. The predicted molar refractivity (Wildman–Crippen MR) is 190 cm³/mol. The smallest absolute Gasteiger partial charge is 0.280 e. The van der Waals surface area contributed by atoms with Crippen LogP contribution in [0.15, 0.2) is 65.9 Å². The minimum Gasteiger partial charge on any atom is -0.393 e. The summed E-state index contributed by atoms with van der Waals surface area (Å²) in [7, 11) is 8.14. The van der Waals surface area contributed by atoms with E-state index in [1.54, 1.807) is 11.1 Å². The van der Waals surface area contributed by atoms with Crippen molar-refractivity contribution in [3.8, 4) is 11.1 Å². The average Bonchev–Trinajstić information content (AvgIpc) is 4.03. The highest BCUT2D eigenvalue weighted by Gasteiger charge is 2.43. The van der Waals surface area contributed by atoms with Crippen molar-refractivity contribution in [3.63, 3.8) is 0 Å². The number of alkyl halides is 2. The fourth-order valence-corrected chi connectivity index (χ4v) is 6.21. The highest BCUT2D eigenvalue weighted by Crippen LogP contribution is 2.45. The van der Waals surface area contributed by atoms with Crippen molar-refractivity contribution >= 4 is 31.0 Å². The zero-order valence-electron chi connectivity index (χ0n) is 28.9. The van der Waals surface area contributed by atoms with Crippen LogP contribution in [-0.4, -0.2) is 70.6 Å². The van der Waals surface area contributed by atoms with E-state index < -0.39 is 23.7 Å². The Hall–Kier alpha value is -4.96. The Bertz CT molecular complexity index is 1870. The summed E-state index contributed by atoms with van der Waals surface area (Å²) in [5.74, 6) is -0.585. The average molecular weight is 701 g/mol. The number of carbonyl (C=O) groups excluding carboxylic acids is 2. The van der Waals surface area contributed by atoms with E-state index in [1.165, 1.54) is 24.3 Å². The van der Waals surface area contributed by atoms with E-state index in [0.29, 0.717) is 25.3 Å². The molecule has 1 aromatic carbocycles. The highest BCUT2D eigenvalue weighted by molar-refractivity contribution is 6.14. The Morgan fingerprint density at radius 3 is 2.45 bits per heavy atom. The molecule has 1 saturated heterocycles. The Morgan fingerprint density at radius 2 is 1.78 bits per heavy atom. The largest absolute Gasteiger partial charge is 0.393 e. The number of fused-ring (bicyclic) bond motifs is 3. The van der Waals surface area contributed by atoms with Crippen molar-refractivity contribution in [1.82, 2.24) is 30.3 Å². The molecule has 0 spiro atoms. The Balaban J connectivity index is 0.00000220. The Labute approximate surface area is 296 Å². The third-order valence-corrected chi connectivity index (χ3v) is 9.29. The van der Waals surface area contributed by atoms with Gasteiger partial charge in [0.15, 0.2) is 0 Å². The van der Waals surface area contributed by atoms with E-state index in [1.807, 2.05) is 48.7 Å². The lowest BCUT2D eigenvalue weighted by molar-refractivity contribution is -0.121. The first kappa shape index (κ1) is 35.9. The molecule has 1 unspecified atom stereocenters. The predicted octanol–water partition coefficient (Wildman–Crippen LogP) is 2.87. The van der Waals surface area contributed by atoms with Crippen LogP contribution in [-0.2, 0) is 21.8 Å². The molecule has 7 rings (SSSR count). The van der Waals surface area contributed by atoms with Gasteiger partial charge >= 0.3 is 0 Å². The molecular formula is C35H43BF2N10O3. The summed E-state index contributed by atoms with van der Waals surface area (Å²) in [6.07, 6.45) is 3.88. The summed E-state index contributed by atoms with van der Waals surface area (Å²) in [6.45, 7) is 5.12. The van der Waals surface area contributed by atoms with E-state index in [0.717, 1.165) is 48.2 Å². The lowest BCUT2D eigenvalue weighted by Gasteiger charge is -2.48. The number of hydrogen-bond acceptors (Lipinski definition) is 10. The normalized spacial score (nSPS) is 19.0. The first-order valence-electron chi connectivity index (χ1n) is 17.2. The number of allylic oxidation sites excluding steroid dienone is 1. The number of benzene rings is 1. The zero-order chi connectivity index (χ0) is 36.6. The molecule has 1 atom stereocenters. The number of amides is 2. The highest BCUT2D eigenvalue weighted by atomic mass is 19.3. The molecule has 0 bridgehead atoms.